The molecule has 0 saturated carbocycles. The average Bonchev–Trinajstić information content (AvgIpc) is 2.48. The summed E-state index contributed by atoms with van der Waals surface area (Å²) >= 11 is 6.01. The van der Waals surface area contributed by atoms with Gasteiger partial charge < -0.3 is 15.8 Å². The van der Waals surface area contributed by atoms with Crippen LogP contribution in [0.1, 0.15) is 22.8 Å². The molecule has 0 bridgehead atoms. The van der Waals surface area contributed by atoms with Crippen LogP contribution in [0.5, 0.6) is 5.75 Å². The van der Waals surface area contributed by atoms with Crippen LogP contribution in [0.15, 0.2) is 42.5 Å². The highest BCUT2D eigenvalue weighted by molar-refractivity contribution is 6.30. The largest absolute Gasteiger partial charge is 0.492 e. The number of benzene rings is 2. The highest BCUT2D eigenvalue weighted by Crippen LogP contribution is 2.28. The summed E-state index contributed by atoms with van der Waals surface area (Å²) in [7, 11) is 0. The predicted octanol–water partition coefficient (Wildman–Crippen LogP) is 3.45. The fourth-order valence-corrected chi connectivity index (χ4v) is 2.08. The van der Waals surface area contributed by atoms with E-state index in [0.717, 1.165) is 17.0 Å². The Morgan fingerprint density at radius 3 is 2.57 bits per heavy atom. The van der Waals surface area contributed by atoms with Gasteiger partial charge in [0.25, 0.3) is 0 Å². The van der Waals surface area contributed by atoms with E-state index in [0.29, 0.717) is 23.7 Å². The molecule has 0 aliphatic carbocycles. The Hall–Kier alpha value is -2.20. The molecule has 0 aromatic heterocycles. The SMILES string of the molecule is CCOc1ccc(Cl)cc1NCc1ccc(C(N)=O)cc1. The number of primary amides is 1. The van der Waals surface area contributed by atoms with E-state index >= 15 is 0 Å². The highest BCUT2D eigenvalue weighted by atomic mass is 35.5. The van der Waals surface area contributed by atoms with E-state index < -0.39 is 5.91 Å². The van der Waals surface area contributed by atoms with Crippen LogP contribution >= 0.6 is 11.6 Å². The Balaban J connectivity index is 2.08. The molecule has 3 N–H and O–H groups in total. The second-order valence-corrected chi connectivity index (χ2v) is 4.92. The molecule has 0 aliphatic heterocycles. The Morgan fingerprint density at radius 2 is 1.95 bits per heavy atom. The Labute approximate surface area is 128 Å². The zero-order chi connectivity index (χ0) is 15.2. The van der Waals surface area contributed by atoms with Crippen LogP contribution in [0, 0.1) is 0 Å². The van der Waals surface area contributed by atoms with Gasteiger partial charge in [0.15, 0.2) is 0 Å². The fraction of sp³-hybridized carbons (Fsp3) is 0.188. The number of hydrogen-bond acceptors (Lipinski definition) is 3. The molecule has 110 valence electrons. The van der Waals surface area contributed by atoms with E-state index in [4.69, 9.17) is 22.1 Å². The lowest BCUT2D eigenvalue weighted by molar-refractivity contribution is 0.100. The minimum Gasteiger partial charge on any atom is -0.492 e. The standard InChI is InChI=1S/C16H17ClN2O2/c1-2-21-15-8-7-13(17)9-14(15)19-10-11-3-5-12(6-4-11)16(18)20/h3-9,19H,2,10H2,1H3,(H2,18,20). The van der Waals surface area contributed by atoms with Gasteiger partial charge >= 0.3 is 0 Å². The first-order valence-corrected chi connectivity index (χ1v) is 7.03. The van der Waals surface area contributed by atoms with E-state index in [-0.39, 0.29) is 0 Å². The summed E-state index contributed by atoms with van der Waals surface area (Å²) in [5.41, 5.74) is 7.58. The Kier molecular flexibility index (Phi) is 5.06. The monoisotopic (exact) mass is 304 g/mol. The lowest BCUT2D eigenvalue weighted by atomic mass is 10.1. The number of carbonyl (C=O) groups excluding carboxylic acids is 1. The number of carbonyl (C=O) groups is 1. The number of anilines is 1. The highest BCUT2D eigenvalue weighted by Gasteiger charge is 2.05. The van der Waals surface area contributed by atoms with Crippen LogP contribution < -0.4 is 15.8 Å². The molecule has 0 fully saturated rings. The van der Waals surface area contributed by atoms with Crippen molar-refractivity contribution in [3.05, 3.63) is 58.6 Å². The average molecular weight is 305 g/mol. The first-order valence-electron chi connectivity index (χ1n) is 6.65. The molecule has 4 nitrogen and oxygen atoms in total. The maximum absolute atomic E-state index is 11.0. The van der Waals surface area contributed by atoms with Crippen molar-refractivity contribution >= 4 is 23.2 Å². The van der Waals surface area contributed by atoms with Gasteiger partial charge in [-0.15, -0.1) is 0 Å². The van der Waals surface area contributed by atoms with E-state index in [1.54, 1.807) is 18.2 Å². The first kappa shape index (κ1) is 15.2. The summed E-state index contributed by atoms with van der Waals surface area (Å²) in [6.45, 7) is 3.12. The molecular weight excluding hydrogens is 288 g/mol. The molecule has 2 rings (SSSR count). The van der Waals surface area contributed by atoms with Crippen LogP contribution in [-0.4, -0.2) is 12.5 Å². The summed E-state index contributed by atoms with van der Waals surface area (Å²) in [5, 5.41) is 3.92. The molecular formula is C16H17ClN2O2. The molecule has 5 heteroatoms. The molecule has 0 atom stereocenters. The van der Waals surface area contributed by atoms with Crippen molar-refractivity contribution in [1.82, 2.24) is 0 Å². The molecule has 0 spiro atoms. The van der Waals surface area contributed by atoms with Crippen LogP contribution in [-0.2, 0) is 6.54 Å². The molecule has 0 unspecified atom stereocenters. The number of nitrogens with one attached hydrogen (secondary N) is 1. The van der Waals surface area contributed by atoms with Crippen molar-refractivity contribution in [2.24, 2.45) is 5.73 Å². The number of ether oxygens (including phenoxy) is 1. The van der Waals surface area contributed by atoms with E-state index in [9.17, 15) is 4.79 Å². The van der Waals surface area contributed by atoms with Gasteiger partial charge in [-0.25, -0.2) is 0 Å². The number of rotatable bonds is 6. The maximum Gasteiger partial charge on any atom is 0.248 e. The van der Waals surface area contributed by atoms with Gasteiger partial charge in [0.1, 0.15) is 5.75 Å². The van der Waals surface area contributed by atoms with Crippen LogP contribution in [0.2, 0.25) is 5.02 Å². The Morgan fingerprint density at radius 1 is 1.24 bits per heavy atom. The topological polar surface area (TPSA) is 64.3 Å². The molecule has 2 aromatic carbocycles. The van der Waals surface area contributed by atoms with Gasteiger partial charge in [0.2, 0.25) is 5.91 Å². The summed E-state index contributed by atoms with van der Waals surface area (Å²) < 4.78 is 5.55. The summed E-state index contributed by atoms with van der Waals surface area (Å²) in [6.07, 6.45) is 0. The van der Waals surface area contributed by atoms with Gasteiger partial charge in [-0.3, -0.25) is 4.79 Å². The van der Waals surface area contributed by atoms with Gasteiger partial charge in [-0.2, -0.15) is 0 Å². The van der Waals surface area contributed by atoms with Crippen molar-refractivity contribution < 1.29 is 9.53 Å². The second kappa shape index (κ2) is 6.99. The number of hydrogen-bond donors (Lipinski definition) is 2. The number of amides is 1. The maximum atomic E-state index is 11.0. The number of halogens is 1. The molecule has 0 aliphatic rings. The lowest BCUT2D eigenvalue weighted by Gasteiger charge is -2.13. The normalized spacial score (nSPS) is 10.2. The summed E-state index contributed by atoms with van der Waals surface area (Å²) in [5.74, 6) is 0.332. The van der Waals surface area contributed by atoms with E-state index in [1.165, 1.54) is 0 Å². The zero-order valence-electron chi connectivity index (χ0n) is 11.7. The van der Waals surface area contributed by atoms with E-state index in [1.807, 2.05) is 31.2 Å². The third-order valence-corrected chi connectivity index (χ3v) is 3.20. The predicted molar refractivity (Wildman–Crippen MR) is 84.9 cm³/mol. The third-order valence-electron chi connectivity index (χ3n) is 2.96. The van der Waals surface area contributed by atoms with Gasteiger partial charge in [0.05, 0.1) is 12.3 Å². The summed E-state index contributed by atoms with van der Waals surface area (Å²) in [6, 6.07) is 12.6. The van der Waals surface area contributed by atoms with Crippen molar-refractivity contribution in [3.63, 3.8) is 0 Å². The molecule has 2 aromatic rings. The molecule has 21 heavy (non-hydrogen) atoms. The fourth-order valence-electron chi connectivity index (χ4n) is 1.91. The molecule has 1 amide bonds. The first-order chi connectivity index (χ1) is 10.1. The van der Waals surface area contributed by atoms with Crippen molar-refractivity contribution in [2.45, 2.75) is 13.5 Å². The van der Waals surface area contributed by atoms with Gasteiger partial charge in [-0.05, 0) is 42.8 Å². The molecule has 0 saturated heterocycles. The minimum atomic E-state index is -0.428. The van der Waals surface area contributed by atoms with Crippen molar-refractivity contribution in [3.8, 4) is 5.75 Å². The van der Waals surface area contributed by atoms with Crippen molar-refractivity contribution in [1.29, 1.82) is 0 Å². The minimum absolute atomic E-state index is 0.428. The molecule has 0 heterocycles. The van der Waals surface area contributed by atoms with Crippen LogP contribution in [0.25, 0.3) is 0 Å². The summed E-state index contributed by atoms with van der Waals surface area (Å²) in [4.78, 5) is 11.0. The zero-order valence-corrected chi connectivity index (χ0v) is 12.5. The number of nitrogens with two attached hydrogens (primary N) is 1. The second-order valence-electron chi connectivity index (χ2n) is 4.49. The quantitative estimate of drug-likeness (QED) is 0.859. The van der Waals surface area contributed by atoms with Gasteiger partial charge in [0, 0.05) is 17.1 Å². The lowest BCUT2D eigenvalue weighted by Crippen LogP contribution is -2.10. The molecule has 0 radical (unpaired) electrons. The smallest absolute Gasteiger partial charge is 0.248 e. The van der Waals surface area contributed by atoms with E-state index in [2.05, 4.69) is 5.32 Å². The Bertz CT molecular complexity index is 627. The van der Waals surface area contributed by atoms with Crippen LogP contribution in [0.3, 0.4) is 0 Å². The van der Waals surface area contributed by atoms with Crippen LogP contribution in [0.4, 0.5) is 5.69 Å². The van der Waals surface area contributed by atoms with Crippen molar-refractivity contribution in [2.75, 3.05) is 11.9 Å². The van der Waals surface area contributed by atoms with Gasteiger partial charge in [-0.1, -0.05) is 23.7 Å². The third kappa shape index (κ3) is 4.13.